The maximum Gasteiger partial charge on any atom is 0.253 e. The van der Waals surface area contributed by atoms with Gasteiger partial charge in [0.05, 0.1) is 11.3 Å². The molecule has 0 bridgehead atoms. The van der Waals surface area contributed by atoms with Crippen LogP contribution in [-0.2, 0) is 0 Å². The molecule has 132 valence electrons. The summed E-state index contributed by atoms with van der Waals surface area (Å²) in [5.41, 5.74) is 3.38. The van der Waals surface area contributed by atoms with Gasteiger partial charge >= 0.3 is 0 Å². The molecule has 7 heteroatoms. The second-order valence-corrected chi connectivity index (χ2v) is 6.41. The average molecular weight is 348 g/mol. The first-order valence-corrected chi connectivity index (χ1v) is 8.64. The van der Waals surface area contributed by atoms with Crippen LogP contribution in [-0.4, -0.2) is 45.0 Å². The zero-order valence-corrected chi connectivity index (χ0v) is 14.5. The molecule has 1 atom stereocenters. The van der Waals surface area contributed by atoms with Crippen LogP contribution >= 0.6 is 0 Å². The minimum Gasteiger partial charge on any atom is -0.365 e. The molecule has 26 heavy (non-hydrogen) atoms. The van der Waals surface area contributed by atoms with Gasteiger partial charge in [-0.15, -0.1) is 0 Å². The number of nitrogens with one attached hydrogen (secondary N) is 2. The molecule has 0 spiro atoms. The number of nitrogens with zero attached hydrogens (tertiary/aromatic N) is 4. The van der Waals surface area contributed by atoms with Crippen molar-refractivity contribution >= 4 is 11.9 Å². The Hall–Kier alpha value is -3.22. The lowest BCUT2D eigenvalue weighted by molar-refractivity contribution is 0.0940. The van der Waals surface area contributed by atoms with Gasteiger partial charge in [0, 0.05) is 55.2 Å². The van der Waals surface area contributed by atoms with Gasteiger partial charge in [0.1, 0.15) is 0 Å². The summed E-state index contributed by atoms with van der Waals surface area (Å²) in [7, 11) is 0. The molecular formula is C19H20N6O. The highest BCUT2D eigenvalue weighted by molar-refractivity contribution is 5.95. The van der Waals surface area contributed by atoms with Crippen molar-refractivity contribution in [3.63, 3.8) is 0 Å². The molecular weight excluding hydrogens is 328 g/mol. The second kappa shape index (κ2) is 6.95. The maximum atomic E-state index is 12.4. The van der Waals surface area contributed by atoms with E-state index in [4.69, 9.17) is 0 Å². The van der Waals surface area contributed by atoms with Gasteiger partial charge in [-0.05, 0) is 37.6 Å². The first-order valence-electron chi connectivity index (χ1n) is 8.64. The third kappa shape index (κ3) is 3.28. The van der Waals surface area contributed by atoms with E-state index in [2.05, 4.69) is 30.2 Å². The number of amides is 1. The van der Waals surface area contributed by atoms with E-state index >= 15 is 0 Å². The van der Waals surface area contributed by atoms with Crippen LogP contribution in [0.15, 0.2) is 49.1 Å². The maximum absolute atomic E-state index is 12.4. The van der Waals surface area contributed by atoms with Gasteiger partial charge in [0.2, 0.25) is 5.95 Å². The van der Waals surface area contributed by atoms with E-state index in [1.54, 1.807) is 30.9 Å². The minimum atomic E-state index is -0.0411. The molecule has 1 aliphatic heterocycles. The van der Waals surface area contributed by atoms with Crippen LogP contribution in [0.5, 0.6) is 0 Å². The van der Waals surface area contributed by atoms with Gasteiger partial charge in [0.25, 0.3) is 5.91 Å². The third-order valence-electron chi connectivity index (χ3n) is 4.60. The molecule has 4 rings (SSSR count). The number of hydrogen-bond acceptors (Lipinski definition) is 5. The highest BCUT2D eigenvalue weighted by atomic mass is 16.1. The fourth-order valence-corrected chi connectivity index (χ4v) is 3.20. The van der Waals surface area contributed by atoms with Crippen molar-refractivity contribution in [2.24, 2.45) is 0 Å². The van der Waals surface area contributed by atoms with Crippen LogP contribution in [0.4, 0.5) is 5.95 Å². The van der Waals surface area contributed by atoms with Gasteiger partial charge in [0.15, 0.2) is 0 Å². The molecule has 3 aromatic heterocycles. The number of pyridine rings is 1. The number of aromatic nitrogens is 4. The Labute approximate surface area is 151 Å². The number of hydrogen-bond donors (Lipinski definition) is 2. The van der Waals surface area contributed by atoms with E-state index in [1.165, 1.54) is 0 Å². The molecule has 4 heterocycles. The van der Waals surface area contributed by atoms with Crippen molar-refractivity contribution in [3.05, 3.63) is 60.3 Å². The lowest BCUT2D eigenvalue weighted by Crippen LogP contribution is -2.37. The smallest absolute Gasteiger partial charge is 0.253 e. The Balaban J connectivity index is 1.44. The lowest BCUT2D eigenvalue weighted by Gasteiger charge is -2.17. The first kappa shape index (κ1) is 16.3. The van der Waals surface area contributed by atoms with Crippen LogP contribution in [0.25, 0.3) is 11.3 Å². The number of aryl methyl sites for hydroxylation is 1. The van der Waals surface area contributed by atoms with Crippen LogP contribution < -0.4 is 10.2 Å². The molecule has 0 saturated carbocycles. The lowest BCUT2D eigenvalue weighted by atomic mass is 10.2. The quantitative estimate of drug-likeness (QED) is 0.755. The van der Waals surface area contributed by atoms with Crippen molar-refractivity contribution in [1.29, 1.82) is 0 Å². The summed E-state index contributed by atoms with van der Waals surface area (Å²) in [5.74, 6) is 0.640. The van der Waals surface area contributed by atoms with Crippen molar-refractivity contribution in [3.8, 4) is 11.3 Å². The Morgan fingerprint density at radius 3 is 3.00 bits per heavy atom. The standard InChI is InChI=1S/C19H20N6O/c1-13-16(4-8-21-13)18(26)23-15-6-10-25(12-15)19-22-9-5-17(24-19)14-3-2-7-20-11-14/h2-5,7-9,11,15,21H,6,10,12H2,1H3,(H,23,26). The third-order valence-corrected chi connectivity index (χ3v) is 4.60. The molecule has 3 aromatic rings. The zero-order chi connectivity index (χ0) is 17.9. The summed E-state index contributed by atoms with van der Waals surface area (Å²) in [4.78, 5) is 30.7. The first-order chi connectivity index (χ1) is 12.7. The van der Waals surface area contributed by atoms with E-state index < -0.39 is 0 Å². The summed E-state index contributed by atoms with van der Waals surface area (Å²) >= 11 is 0. The molecule has 1 saturated heterocycles. The van der Waals surface area contributed by atoms with Gasteiger partial charge in [-0.2, -0.15) is 0 Å². The van der Waals surface area contributed by atoms with Crippen LogP contribution in [0.1, 0.15) is 22.5 Å². The minimum absolute atomic E-state index is 0.0411. The van der Waals surface area contributed by atoms with E-state index in [9.17, 15) is 4.79 Å². The molecule has 0 radical (unpaired) electrons. The molecule has 1 amide bonds. The van der Waals surface area contributed by atoms with Crippen LogP contribution in [0, 0.1) is 6.92 Å². The molecule has 0 aliphatic carbocycles. The molecule has 0 aromatic carbocycles. The zero-order valence-electron chi connectivity index (χ0n) is 14.5. The SMILES string of the molecule is Cc1[nH]ccc1C(=O)NC1CCN(c2nccc(-c3cccnc3)n2)C1. The number of carbonyl (C=O) groups excluding carboxylic acids is 1. The van der Waals surface area contributed by atoms with E-state index in [1.807, 2.05) is 25.1 Å². The van der Waals surface area contributed by atoms with Crippen molar-refractivity contribution in [2.75, 3.05) is 18.0 Å². The summed E-state index contributed by atoms with van der Waals surface area (Å²) in [6, 6.07) is 7.64. The largest absolute Gasteiger partial charge is 0.365 e. The van der Waals surface area contributed by atoms with Gasteiger partial charge in [-0.25, -0.2) is 9.97 Å². The number of H-pyrrole nitrogens is 1. The number of anilines is 1. The van der Waals surface area contributed by atoms with Gasteiger partial charge < -0.3 is 15.2 Å². The predicted octanol–water partition coefficient (Wildman–Crippen LogP) is 2.18. The normalized spacial score (nSPS) is 16.7. The Bertz CT molecular complexity index is 907. The van der Waals surface area contributed by atoms with Gasteiger partial charge in [-0.1, -0.05) is 0 Å². The van der Waals surface area contributed by atoms with E-state index in [0.717, 1.165) is 29.9 Å². The highest BCUT2D eigenvalue weighted by Gasteiger charge is 2.26. The second-order valence-electron chi connectivity index (χ2n) is 6.41. The summed E-state index contributed by atoms with van der Waals surface area (Å²) in [6.07, 6.45) is 7.95. The Kier molecular flexibility index (Phi) is 4.35. The van der Waals surface area contributed by atoms with Crippen molar-refractivity contribution < 1.29 is 4.79 Å². The number of aromatic amines is 1. The summed E-state index contributed by atoms with van der Waals surface area (Å²) in [6.45, 7) is 3.41. The van der Waals surface area contributed by atoms with Crippen LogP contribution in [0.3, 0.4) is 0 Å². The summed E-state index contributed by atoms with van der Waals surface area (Å²) in [5, 5.41) is 3.10. The number of rotatable bonds is 4. The predicted molar refractivity (Wildman–Crippen MR) is 98.9 cm³/mol. The Morgan fingerprint density at radius 2 is 2.23 bits per heavy atom. The fraction of sp³-hybridized carbons (Fsp3) is 0.263. The Morgan fingerprint density at radius 1 is 1.31 bits per heavy atom. The van der Waals surface area contributed by atoms with E-state index in [0.29, 0.717) is 18.1 Å². The number of carbonyl (C=O) groups is 1. The van der Waals surface area contributed by atoms with Crippen molar-refractivity contribution in [1.82, 2.24) is 25.3 Å². The fourth-order valence-electron chi connectivity index (χ4n) is 3.20. The molecule has 7 nitrogen and oxygen atoms in total. The van der Waals surface area contributed by atoms with Crippen LogP contribution in [0.2, 0.25) is 0 Å². The van der Waals surface area contributed by atoms with Gasteiger partial charge in [-0.3, -0.25) is 9.78 Å². The molecule has 2 N–H and O–H groups in total. The topological polar surface area (TPSA) is 86.8 Å². The molecule has 1 fully saturated rings. The molecule has 1 aliphatic rings. The monoisotopic (exact) mass is 348 g/mol. The van der Waals surface area contributed by atoms with Crippen molar-refractivity contribution in [2.45, 2.75) is 19.4 Å². The van der Waals surface area contributed by atoms with E-state index in [-0.39, 0.29) is 11.9 Å². The summed E-state index contributed by atoms with van der Waals surface area (Å²) < 4.78 is 0. The molecule has 1 unspecified atom stereocenters. The highest BCUT2D eigenvalue weighted by Crippen LogP contribution is 2.21. The average Bonchev–Trinajstić information content (AvgIpc) is 3.31.